The Bertz CT molecular complexity index is 95.9. The van der Waals surface area contributed by atoms with Crippen LogP contribution in [0.4, 0.5) is 13.2 Å². The van der Waals surface area contributed by atoms with E-state index >= 15 is 0 Å². The number of rotatable bonds is 0. The summed E-state index contributed by atoms with van der Waals surface area (Å²) in [7, 11) is 0. The van der Waals surface area contributed by atoms with Crippen molar-refractivity contribution in [2.45, 2.75) is 18.7 Å². The van der Waals surface area contributed by atoms with Crippen LogP contribution in [0.1, 0.15) is 6.92 Å². The van der Waals surface area contributed by atoms with Crippen molar-refractivity contribution in [3.8, 4) is 0 Å². The lowest BCUT2D eigenvalue weighted by atomic mass is 10.1. The van der Waals surface area contributed by atoms with E-state index in [-0.39, 0.29) is 0 Å². The zero-order valence-corrected chi connectivity index (χ0v) is 4.25. The average Bonchev–Trinajstić information content (AvgIpc) is 1.64. The average molecular weight is 126 g/mol. The van der Waals surface area contributed by atoms with Crippen molar-refractivity contribution in [3.63, 3.8) is 0 Å². The second-order valence-corrected chi connectivity index (χ2v) is 1.91. The van der Waals surface area contributed by atoms with Gasteiger partial charge >= 0.3 is 5.92 Å². The first-order valence-corrected chi connectivity index (χ1v) is 2.16. The number of halogens is 3. The molecule has 0 spiro atoms. The van der Waals surface area contributed by atoms with E-state index in [0.717, 1.165) is 6.92 Å². The van der Waals surface area contributed by atoms with Gasteiger partial charge < -0.3 is 4.74 Å². The normalized spacial score (nSPS) is 43.5. The van der Waals surface area contributed by atoms with Gasteiger partial charge in [-0.15, -0.1) is 0 Å². The van der Waals surface area contributed by atoms with Crippen LogP contribution in [0.3, 0.4) is 0 Å². The third kappa shape index (κ3) is 0.523. The molecule has 1 atom stereocenters. The van der Waals surface area contributed by atoms with Crippen molar-refractivity contribution in [2.24, 2.45) is 0 Å². The molecule has 0 aromatic heterocycles. The van der Waals surface area contributed by atoms with Crippen molar-refractivity contribution in [1.82, 2.24) is 0 Å². The van der Waals surface area contributed by atoms with Gasteiger partial charge in [0.05, 0.1) is 0 Å². The van der Waals surface area contributed by atoms with Crippen LogP contribution in [0.2, 0.25) is 0 Å². The van der Waals surface area contributed by atoms with E-state index in [0.29, 0.717) is 0 Å². The van der Waals surface area contributed by atoms with Gasteiger partial charge in [0.1, 0.15) is 6.61 Å². The van der Waals surface area contributed by atoms with E-state index in [1.807, 2.05) is 0 Å². The van der Waals surface area contributed by atoms with E-state index in [9.17, 15) is 13.2 Å². The van der Waals surface area contributed by atoms with Gasteiger partial charge in [-0.3, -0.25) is 0 Å². The maximum Gasteiger partial charge on any atom is 0.328 e. The monoisotopic (exact) mass is 126 g/mol. The van der Waals surface area contributed by atoms with Crippen LogP contribution in [0.5, 0.6) is 0 Å². The highest BCUT2D eigenvalue weighted by molar-refractivity contribution is 4.90. The molecule has 8 heavy (non-hydrogen) atoms. The summed E-state index contributed by atoms with van der Waals surface area (Å²) in [6.07, 6.45) is 0. The third-order valence-corrected chi connectivity index (χ3v) is 1.18. The van der Waals surface area contributed by atoms with Gasteiger partial charge in [0, 0.05) is 6.92 Å². The molecule has 1 aliphatic heterocycles. The van der Waals surface area contributed by atoms with Crippen LogP contribution >= 0.6 is 0 Å². The molecule has 0 aromatic carbocycles. The smallest absolute Gasteiger partial charge is 0.328 e. The highest BCUT2D eigenvalue weighted by Crippen LogP contribution is 2.42. The van der Waals surface area contributed by atoms with Gasteiger partial charge in [-0.25, -0.2) is 4.39 Å². The molecule has 1 aliphatic rings. The lowest BCUT2D eigenvalue weighted by Crippen LogP contribution is -2.58. The van der Waals surface area contributed by atoms with Gasteiger partial charge in [0.15, 0.2) is 0 Å². The van der Waals surface area contributed by atoms with E-state index in [4.69, 9.17) is 0 Å². The van der Waals surface area contributed by atoms with Crippen LogP contribution in [-0.4, -0.2) is 18.4 Å². The summed E-state index contributed by atoms with van der Waals surface area (Å²) in [4.78, 5) is 0. The summed E-state index contributed by atoms with van der Waals surface area (Å²) in [6, 6.07) is 0. The van der Waals surface area contributed by atoms with Crippen LogP contribution in [-0.2, 0) is 4.74 Å². The Hall–Kier alpha value is -0.250. The van der Waals surface area contributed by atoms with Crippen LogP contribution in [0, 0.1) is 0 Å². The van der Waals surface area contributed by atoms with Gasteiger partial charge in [-0.2, -0.15) is 8.78 Å². The fourth-order valence-corrected chi connectivity index (χ4v) is 0.380. The summed E-state index contributed by atoms with van der Waals surface area (Å²) in [5.41, 5.74) is 0. The summed E-state index contributed by atoms with van der Waals surface area (Å²) in [6.45, 7) is -0.0729. The molecule has 1 rings (SSSR count). The summed E-state index contributed by atoms with van der Waals surface area (Å²) < 4.78 is 39.6. The molecular weight excluding hydrogens is 121 g/mol. The zero-order valence-electron chi connectivity index (χ0n) is 4.25. The summed E-state index contributed by atoms with van der Waals surface area (Å²) in [5.74, 6) is -5.99. The second kappa shape index (κ2) is 1.18. The zero-order chi connectivity index (χ0) is 6.41. The maximum atomic E-state index is 12.0. The Balaban J connectivity index is 2.63. The quantitative estimate of drug-likeness (QED) is 0.475. The lowest BCUT2D eigenvalue weighted by Gasteiger charge is -2.39. The van der Waals surface area contributed by atoms with Crippen LogP contribution < -0.4 is 0 Å². The molecule has 1 unspecified atom stereocenters. The van der Waals surface area contributed by atoms with Crippen molar-refractivity contribution in [3.05, 3.63) is 0 Å². The number of alkyl halides is 3. The summed E-state index contributed by atoms with van der Waals surface area (Å²) in [5, 5.41) is 0. The minimum absolute atomic E-state index is 0.719. The SMILES string of the molecule is CC1(F)OCC1(F)F. The van der Waals surface area contributed by atoms with Gasteiger partial charge in [-0.1, -0.05) is 0 Å². The second-order valence-electron chi connectivity index (χ2n) is 1.91. The van der Waals surface area contributed by atoms with E-state index in [1.165, 1.54) is 0 Å². The molecule has 1 nitrogen and oxygen atoms in total. The molecule has 0 amide bonds. The number of hydrogen-bond donors (Lipinski definition) is 0. The largest absolute Gasteiger partial charge is 0.335 e. The van der Waals surface area contributed by atoms with Crippen molar-refractivity contribution < 1.29 is 17.9 Å². The molecule has 1 saturated heterocycles. The van der Waals surface area contributed by atoms with Crippen molar-refractivity contribution >= 4 is 0 Å². The van der Waals surface area contributed by atoms with Gasteiger partial charge in [0.2, 0.25) is 0 Å². The molecule has 0 saturated carbocycles. The van der Waals surface area contributed by atoms with E-state index in [1.54, 1.807) is 0 Å². The molecule has 0 bridgehead atoms. The number of ether oxygens (including phenoxy) is 1. The number of hydrogen-bond acceptors (Lipinski definition) is 1. The Morgan fingerprint density at radius 2 is 1.75 bits per heavy atom. The van der Waals surface area contributed by atoms with E-state index < -0.39 is 18.4 Å². The Morgan fingerprint density at radius 3 is 1.75 bits per heavy atom. The highest BCUT2D eigenvalue weighted by Gasteiger charge is 2.62. The van der Waals surface area contributed by atoms with Crippen LogP contribution in [0.25, 0.3) is 0 Å². The van der Waals surface area contributed by atoms with E-state index in [2.05, 4.69) is 4.74 Å². The van der Waals surface area contributed by atoms with Crippen molar-refractivity contribution in [1.29, 1.82) is 0 Å². The molecule has 48 valence electrons. The molecule has 0 radical (unpaired) electrons. The van der Waals surface area contributed by atoms with Crippen molar-refractivity contribution in [2.75, 3.05) is 6.61 Å². The van der Waals surface area contributed by atoms with Gasteiger partial charge in [-0.05, 0) is 0 Å². The molecule has 0 aliphatic carbocycles. The Labute approximate surface area is 44.4 Å². The fraction of sp³-hybridized carbons (Fsp3) is 1.00. The first kappa shape index (κ1) is 5.88. The van der Waals surface area contributed by atoms with Crippen LogP contribution in [0.15, 0.2) is 0 Å². The predicted octanol–water partition coefficient (Wildman–Crippen LogP) is 1.34. The molecule has 0 N–H and O–H groups in total. The standard InChI is InChI=1S/C4H5F3O/c1-3(5)4(6,7)2-8-3/h2H2,1H3. The maximum absolute atomic E-state index is 12.0. The van der Waals surface area contributed by atoms with Gasteiger partial charge in [0.25, 0.3) is 5.85 Å². The molecular formula is C4H5F3O. The Morgan fingerprint density at radius 1 is 1.38 bits per heavy atom. The summed E-state index contributed by atoms with van der Waals surface area (Å²) >= 11 is 0. The Kier molecular flexibility index (Phi) is 0.867. The first-order valence-electron chi connectivity index (χ1n) is 2.16. The predicted molar refractivity (Wildman–Crippen MR) is 20.4 cm³/mol. The molecule has 4 heteroatoms. The molecule has 1 heterocycles. The lowest BCUT2D eigenvalue weighted by molar-refractivity contribution is -0.375. The minimum Gasteiger partial charge on any atom is -0.335 e. The third-order valence-electron chi connectivity index (χ3n) is 1.18. The highest BCUT2D eigenvalue weighted by atomic mass is 19.3. The first-order chi connectivity index (χ1) is 3.46. The molecule has 0 aromatic rings. The fourth-order valence-electron chi connectivity index (χ4n) is 0.380. The minimum atomic E-state index is -3.27. The molecule has 1 fully saturated rings. The topological polar surface area (TPSA) is 9.23 Å².